The molecule has 0 saturated heterocycles. The van der Waals surface area contributed by atoms with Crippen molar-refractivity contribution in [2.24, 2.45) is 5.92 Å². The average Bonchev–Trinajstić information content (AvgIpc) is 3.28. The second-order valence-electron chi connectivity index (χ2n) is 5.69. The van der Waals surface area contributed by atoms with Crippen molar-refractivity contribution in [2.75, 3.05) is 38.3 Å². The van der Waals surface area contributed by atoms with E-state index < -0.39 is 0 Å². The van der Waals surface area contributed by atoms with Crippen LogP contribution in [0.25, 0.3) is 0 Å². The molecule has 0 spiro atoms. The van der Waals surface area contributed by atoms with Crippen LogP contribution >= 0.6 is 0 Å². The smallest absolute Gasteiger partial charge is 0.0587 e. The van der Waals surface area contributed by atoms with Gasteiger partial charge in [-0.2, -0.15) is 0 Å². The Kier molecular flexibility index (Phi) is 6.34. The molecule has 1 saturated carbocycles. The summed E-state index contributed by atoms with van der Waals surface area (Å²) in [5, 5.41) is 3.46. The Bertz CT molecular complexity index is 390. The molecule has 112 valence electrons. The lowest BCUT2D eigenvalue weighted by molar-refractivity contribution is 0.199. The van der Waals surface area contributed by atoms with Gasteiger partial charge in [0, 0.05) is 39.0 Å². The van der Waals surface area contributed by atoms with Gasteiger partial charge in [-0.3, -0.25) is 0 Å². The number of ether oxygens (including phenoxy) is 1. The fourth-order valence-electron chi connectivity index (χ4n) is 2.56. The fourth-order valence-corrected chi connectivity index (χ4v) is 2.56. The average molecular weight is 276 g/mol. The van der Waals surface area contributed by atoms with Crippen LogP contribution < -0.4 is 10.2 Å². The van der Waals surface area contributed by atoms with Crippen LogP contribution in [0.5, 0.6) is 0 Å². The molecule has 0 heterocycles. The van der Waals surface area contributed by atoms with Crippen LogP contribution in [0.4, 0.5) is 5.69 Å². The van der Waals surface area contributed by atoms with Gasteiger partial charge in [0.25, 0.3) is 0 Å². The molecule has 0 aliphatic heterocycles. The molecule has 1 aromatic rings. The summed E-state index contributed by atoms with van der Waals surface area (Å²) in [5.41, 5.74) is 2.81. The maximum atomic E-state index is 5.08. The van der Waals surface area contributed by atoms with Crippen molar-refractivity contribution in [3.63, 3.8) is 0 Å². The summed E-state index contributed by atoms with van der Waals surface area (Å²) in [4.78, 5) is 2.57. The van der Waals surface area contributed by atoms with E-state index in [0.29, 0.717) is 0 Å². The van der Waals surface area contributed by atoms with Gasteiger partial charge < -0.3 is 15.0 Å². The maximum Gasteiger partial charge on any atom is 0.0587 e. The van der Waals surface area contributed by atoms with Crippen molar-refractivity contribution in [1.29, 1.82) is 0 Å². The molecular formula is C17H28N2O. The number of rotatable bonds is 10. The number of benzene rings is 1. The molecule has 0 aromatic heterocycles. The SMILES string of the molecule is CCCN(CC1CC1)c1ccccc1CNCCOC. The van der Waals surface area contributed by atoms with E-state index in [-0.39, 0.29) is 0 Å². The molecule has 2 rings (SSSR count). The molecule has 0 bridgehead atoms. The van der Waals surface area contributed by atoms with Gasteiger partial charge in [0.2, 0.25) is 0 Å². The summed E-state index contributed by atoms with van der Waals surface area (Å²) in [6.45, 7) is 7.24. The summed E-state index contributed by atoms with van der Waals surface area (Å²) in [5.74, 6) is 0.927. The van der Waals surface area contributed by atoms with E-state index in [1.165, 1.54) is 37.1 Å². The molecule has 0 radical (unpaired) electrons. The predicted molar refractivity (Wildman–Crippen MR) is 85.3 cm³/mol. The van der Waals surface area contributed by atoms with E-state index >= 15 is 0 Å². The predicted octanol–water partition coefficient (Wildman–Crippen LogP) is 3.05. The zero-order chi connectivity index (χ0) is 14.2. The minimum atomic E-state index is 0.767. The van der Waals surface area contributed by atoms with E-state index in [0.717, 1.165) is 32.2 Å². The van der Waals surface area contributed by atoms with Crippen molar-refractivity contribution in [2.45, 2.75) is 32.7 Å². The molecular weight excluding hydrogens is 248 g/mol. The Morgan fingerprint density at radius 2 is 2.10 bits per heavy atom. The quantitative estimate of drug-likeness (QED) is 0.665. The molecule has 0 unspecified atom stereocenters. The van der Waals surface area contributed by atoms with Gasteiger partial charge in [-0.1, -0.05) is 25.1 Å². The van der Waals surface area contributed by atoms with Crippen molar-refractivity contribution in [3.8, 4) is 0 Å². The molecule has 0 amide bonds. The lowest BCUT2D eigenvalue weighted by Gasteiger charge is -2.27. The van der Waals surface area contributed by atoms with Gasteiger partial charge in [0.1, 0.15) is 0 Å². The topological polar surface area (TPSA) is 24.5 Å². The molecule has 1 aliphatic rings. The van der Waals surface area contributed by atoms with Gasteiger partial charge in [0.05, 0.1) is 6.61 Å². The number of hydrogen-bond acceptors (Lipinski definition) is 3. The third-order valence-corrected chi connectivity index (χ3v) is 3.80. The van der Waals surface area contributed by atoms with Gasteiger partial charge >= 0.3 is 0 Å². The molecule has 1 aromatic carbocycles. The zero-order valence-corrected chi connectivity index (χ0v) is 12.9. The second-order valence-corrected chi connectivity index (χ2v) is 5.69. The Hall–Kier alpha value is -1.06. The third kappa shape index (κ3) is 4.80. The monoisotopic (exact) mass is 276 g/mol. The Morgan fingerprint density at radius 3 is 2.80 bits per heavy atom. The van der Waals surface area contributed by atoms with E-state index in [1.54, 1.807) is 7.11 Å². The Labute approximate surface area is 123 Å². The van der Waals surface area contributed by atoms with Crippen LogP contribution in [-0.4, -0.2) is 33.4 Å². The van der Waals surface area contributed by atoms with Crippen LogP contribution in [0, 0.1) is 5.92 Å². The summed E-state index contributed by atoms with van der Waals surface area (Å²) < 4.78 is 5.08. The molecule has 1 aliphatic carbocycles. The minimum absolute atomic E-state index is 0.767. The van der Waals surface area contributed by atoms with Crippen LogP contribution in [-0.2, 0) is 11.3 Å². The standard InChI is InChI=1S/C17H28N2O/c1-3-11-19(14-15-8-9-15)17-7-5-4-6-16(17)13-18-10-12-20-2/h4-7,15,18H,3,8-14H2,1-2H3. The highest BCUT2D eigenvalue weighted by molar-refractivity contribution is 5.53. The maximum absolute atomic E-state index is 5.08. The van der Waals surface area contributed by atoms with E-state index in [9.17, 15) is 0 Å². The molecule has 1 N–H and O–H groups in total. The first-order chi connectivity index (χ1) is 9.85. The largest absolute Gasteiger partial charge is 0.383 e. The Balaban J connectivity index is 1.99. The summed E-state index contributed by atoms with van der Waals surface area (Å²) in [6, 6.07) is 8.80. The van der Waals surface area contributed by atoms with Crippen LogP contribution in [0.1, 0.15) is 31.7 Å². The van der Waals surface area contributed by atoms with E-state index in [1.807, 2.05) is 0 Å². The number of hydrogen-bond donors (Lipinski definition) is 1. The Morgan fingerprint density at radius 1 is 1.30 bits per heavy atom. The van der Waals surface area contributed by atoms with Crippen LogP contribution in [0.2, 0.25) is 0 Å². The van der Waals surface area contributed by atoms with Crippen LogP contribution in [0.15, 0.2) is 24.3 Å². The highest BCUT2D eigenvalue weighted by atomic mass is 16.5. The van der Waals surface area contributed by atoms with Gasteiger partial charge in [-0.25, -0.2) is 0 Å². The molecule has 3 heteroatoms. The lowest BCUT2D eigenvalue weighted by atomic mass is 10.1. The number of nitrogens with zero attached hydrogens (tertiary/aromatic N) is 1. The van der Waals surface area contributed by atoms with Gasteiger partial charge in [-0.15, -0.1) is 0 Å². The molecule has 1 fully saturated rings. The highest BCUT2D eigenvalue weighted by Crippen LogP contribution is 2.32. The summed E-state index contributed by atoms with van der Waals surface area (Å²) in [7, 11) is 1.74. The third-order valence-electron chi connectivity index (χ3n) is 3.80. The first-order valence-corrected chi connectivity index (χ1v) is 7.87. The van der Waals surface area contributed by atoms with Crippen molar-refractivity contribution in [3.05, 3.63) is 29.8 Å². The highest BCUT2D eigenvalue weighted by Gasteiger charge is 2.24. The van der Waals surface area contributed by atoms with Gasteiger partial charge in [-0.05, 0) is 36.8 Å². The number of nitrogens with one attached hydrogen (secondary N) is 1. The van der Waals surface area contributed by atoms with E-state index in [2.05, 4.69) is 41.4 Å². The summed E-state index contributed by atoms with van der Waals surface area (Å²) in [6.07, 6.45) is 4.03. The van der Waals surface area contributed by atoms with E-state index in [4.69, 9.17) is 4.74 Å². The lowest BCUT2D eigenvalue weighted by Crippen LogP contribution is -2.28. The minimum Gasteiger partial charge on any atom is -0.383 e. The van der Waals surface area contributed by atoms with Crippen molar-refractivity contribution >= 4 is 5.69 Å². The van der Waals surface area contributed by atoms with Gasteiger partial charge in [0.15, 0.2) is 0 Å². The summed E-state index contributed by atoms with van der Waals surface area (Å²) >= 11 is 0. The van der Waals surface area contributed by atoms with Crippen molar-refractivity contribution in [1.82, 2.24) is 5.32 Å². The fraction of sp³-hybridized carbons (Fsp3) is 0.647. The van der Waals surface area contributed by atoms with Crippen LogP contribution in [0.3, 0.4) is 0 Å². The number of anilines is 1. The number of para-hydroxylation sites is 1. The second kappa shape index (κ2) is 8.28. The van der Waals surface area contributed by atoms with Crippen molar-refractivity contribution < 1.29 is 4.74 Å². The molecule has 0 atom stereocenters. The number of methoxy groups -OCH3 is 1. The normalized spacial score (nSPS) is 14.5. The molecule has 20 heavy (non-hydrogen) atoms. The molecule has 3 nitrogen and oxygen atoms in total. The first kappa shape index (κ1) is 15.3. The first-order valence-electron chi connectivity index (χ1n) is 7.87. The zero-order valence-electron chi connectivity index (χ0n) is 12.9.